The molecule has 0 saturated carbocycles. The molecule has 8 heteroatoms. The zero-order valence-electron chi connectivity index (χ0n) is 14.3. The van der Waals surface area contributed by atoms with Crippen LogP contribution < -0.4 is 10.1 Å². The molecule has 2 atom stereocenters. The van der Waals surface area contributed by atoms with E-state index < -0.39 is 15.6 Å². The minimum atomic E-state index is -4.81. The number of morpholine rings is 1. The van der Waals surface area contributed by atoms with Crippen LogP contribution in [-0.4, -0.2) is 34.8 Å². The third kappa shape index (κ3) is 4.56. The summed E-state index contributed by atoms with van der Waals surface area (Å²) in [6.07, 6.45) is -4.92. The summed E-state index contributed by atoms with van der Waals surface area (Å²) in [4.78, 5) is 0. The molecule has 1 fully saturated rings. The molecule has 0 aliphatic carbocycles. The van der Waals surface area contributed by atoms with E-state index in [1.807, 2.05) is 28.7 Å². The maximum absolute atomic E-state index is 12.8. The van der Waals surface area contributed by atoms with E-state index in [9.17, 15) is 18.3 Å². The second-order valence-electron chi connectivity index (χ2n) is 6.31. The van der Waals surface area contributed by atoms with Crippen LogP contribution in [0.4, 0.5) is 13.2 Å². The Morgan fingerprint density at radius 2 is 1.78 bits per heavy atom. The SMILES string of the molecule is OC(Cc1ccccc1OC(F)(F)F)(c1ccccc1)C1(I)CNCCO1. The fraction of sp³-hybridized carbons (Fsp3) is 0.368. The molecule has 2 unspecified atom stereocenters. The Kier molecular flexibility index (Phi) is 5.99. The van der Waals surface area contributed by atoms with E-state index in [0.717, 1.165) is 0 Å². The lowest BCUT2D eigenvalue weighted by atomic mass is 9.81. The topological polar surface area (TPSA) is 50.7 Å². The van der Waals surface area contributed by atoms with Gasteiger partial charge < -0.3 is 19.9 Å². The van der Waals surface area contributed by atoms with Crippen LogP contribution in [0.25, 0.3) is 0 Å². The summed E-state index contributed by atoms with van der Waals surface area (Å²) < 4.78 is 47.4. The van der Waals surface area contributed by atoms with Gasteiger partial charge in [0.1, 0.15) is 11.4 Å². The number of hydrogen-bond donors (Lipinski definition) is 2. The van der Waals surface area contributed by atoms with E-state index in [2.05, 4.69) is 10.1 Å². The Bertz CT molecular complexity index is 766. The molecule has 0 aromatic heterocycles. The van der Waals surface area contributed by atoms with Crippen molar-refractivity contribution in [3.63, 3.8) is 0 Å². The lowest BCUT2D eigenvalue weighted by molar-refractivity contribution is -0.275. The smallest absolute Gasteiger partial charge is 0.406 e. The van der Waals surface area contributed by atoms with Gasteiger partial charge in [-0.1, -0.05) is 48.5 Å². The van der Waals surface area contributed by atoms with Crippen molar-refractivity contribution in [2.24, 2.45) is 0 Å². The number of halogens is 4. The summed E-state index contributed by atoms with van der Waals surface area (Å²) in [6, 6.07) is 14.7. The molecule has 2 aromatic rings. The quantitative estimate of drug-likeness (QED) is 0.492. The highest BCUT2D eigenvalue weighted by Gasteiger charge is 2.52. The van der Waals surface area contributed by atoms with E-state index in [-0.39, 0.29) is 17.7 Å². The standard InChI is InChI=1S/C19H19F3INO3/c20-19(21,22)27-16-9-5-4-6-14(16)12-17(25,15-7-2-1-3-8-15)18(23)13-24-10-11-26-18/h1-9,24-25H,10-13H2. The molecule has 0 spiro atoms. The zero-order valence-corrected chi connectivity index (χ0v) is 16.5. The molecular weight excluding hydrogens is 474 g/mol. The van der Waals surface area contributed by atoms with E-state index in [1.165, 1.54) is 18.2 Å². The van der Waals surface area contributed by atoms with Gasteiger partial charge in [-0.15, -0.1) is 13.2 Å². The number of rotatable bonds is 5. The highest BCUT2D eigenvalue weighted by Crippen LogP contribution is 2.45. The lowest BCUT2D eigenvalue weighted by Gasteiger charge is -2.46. The molecule has 1 heterocycles. The van der Waals surface area contributed by atoms with Gasteiger partial charge in [-0.25, -0.2) is 0 Å². The largest absolute Gasteiger partial charge is 0.573 e. The first-order valence-corrected chi connectivity index (χ1v) is 9.47. The fourth-order valence-electron chi connectivity index (χ4n) is 3.16. The molecule has 0 bridgehead atoms. The van der Waals surface area contributed by atoms with Gasteiger partial charge in [-0.2, -0.15) is 0 Å². The highest BCUT2D eigenvalue weighted by molar-refractivity contribution is 14.1. The predicted molar refractivity (Wildman–Crippen MR) is 103 cm³/mol. The molecule has 0 radical (unpaired) electrons. The summed E-state index contributed by atoms with van der Waals surface area (Å²) in [5.74, 6) is -0.330. The fourth-order valence-corrected chi connectivity index (χ4v) is 4.16. The van der Waals surface area contributed by atoms with E-state index in [0.29, 0.717) is 25.3 Å². The predicted octanol–water partition coefficient (Wildman–Crippen LogP) is 3.77. The van der Waals surface area contributed by atoms with Gasteiger partial charge in [0.05, 0.1) is 6.61 Å². The van der Waals surface area contributed by atoms with Crippen molar-refractivity contribution < 1.29 is 27.8 Å². The Morgan fingerprint density at radius 3 is 2.41 bits per heavy atom. The Hall–Kier alpha value is -1.36. The highest BCUT2D eigenvalue weighted by atomic mass is 127. The first-order chi connectivity index (χ1) is 12.7. The molecule has 2 N–H and O–H groups in total. The van der Waals surface area contributed by atoms with Gasteiger partial charge in [0.2, 0.25) is 0 Å². The Balaban J connectivity index is 2.03. The Morgan fingerprint density at radius 1 is 1.11 bits per heavy atom. The molecular formula is C19H19F3INO3. The van der Waals surface area contributed by atoms with E-state index >= 15 is 0 Å². The molecule has 146 valence electrons. The van der Waals surface area contributed by atoms with Gasteiger partial charge in [0, 0.05) is 19.5 Å². The van der Waals surface area contributed by atoms with Gasteiger partial charge in [0.15, 0.2) is 3.61 Å². The second kappa shape index (κ2) is 7.94. The van der Waals surface area contributed by atoms with Crippen LogP contribution in [0.15, 0.2) is 54.6 Å². The van der Waals surface area contributed by atoms with Crippen LogP contribution in [0.5, 0.6) is 5.75 Å². The number of aliphatic hydroxyl groups is 1. The van der Waals surface area contributed by atoms with Gasteiger partial charge in [-0.05, 0) is 39.8 Å². The molecule has 1 saturated heterocycles. The van der Waals surface area contributed by atoms with Crippen molar-refractivity contribution in [3.8, 4) is 5.75 Å². The third-order valence-electron chi connectivity index (χ3n) is 4.48. The molecule has 0 amide bonds. The number of nitrogens with one attached hydrogen (secondary N) is 1. The monoisotopic (exact) mass is 493 g/mol. The molecule has 1 aliphatic heterocycles. The van der Waals surface area contributed by atoms with Crippen LogP contribution >= 0.6 is 22.6 Å². The van der Waals surface area contributed by atoms with Crippen molar-refractivity contribution in [1.29, 1.82) is 0 Å². The van der Waals surface area contributed by atoms with E-state index in [1.54, 1.807) is 30.3 Å². The van der Waals surface area contributed by atoms with Gasteiger partial charge in [-0.3, -0.25) is 0 Å². The second-order valence-corrected chi connectivity index (χ2v) is 8.05. The van der Waals surface area contributed by atoms with Crippen molar-refractivity contribution in [3.05, 3.63) is 65.7 Å². The normalized spacial score (nSPS) is 22.9. The number of ether oxygens (including phenoxy) is 2. The summed E-state index contributed by atoms with van der Waals surface area (Å²) in [5, 5.41) is 14.9. The summed E-state index contributed by atoms with van der Waals surface area (Å²) in [5.41, 5.74) is -0.774. The third-order valence-corrected chi connectivity index (χ3v) is 6.06. The van der Waals surface area contributed by atoms with Crippen LogP contribution in [0.3, 0.4) is 0 Å². The number of alkyl halides is 4. The zero-order chi connectivity index (χ0) is 19.5. The van der Waals surface area contributed by atoms with Crippen LogP contribution in [-0.2, 0) is 16.8 Å². The van der Waals surface area contributed by atoms with Crippen molar-refractivity contribution in [2.45, 2.75) is 22.0 Å². The van der Waals surface area contributed by atoms with Crippen molar-refractivity contribution in [1.82, 2.24) is 5.32 Å². The molecule has 2 aromatic carbocycles. The average Bonchev–Trinajstić information content (AvgIpc) is 2.63. The van der Waals surface area contributed by atoms with Gasteiger partial charge >= 0.3 is 6.36 Å². The number of benzene rings is 2. The maximum Gasteiger partial charge on any atom is 0.573 e. The maximum atomic E-state index is 12.8. The summed E-state index contributed by atoms with van der Waals surface area (Å²) >= 11 is 2.04. The number of para-hydroxylation sites is 1. The summed E-state index contributed by atoms with van der Waals surface area (Å²) in [7, 11) is 0. The molecule has 3 rings (SSSR count). The first-order valence-electron chi connectivity index (χ1n) is 8.39. The average molecular weight is 493 g/mol. The number of hydrogen-bond acceptors (Lipinski definition) is 4. The van der Waals surface area contributed by atoms with Crippen LogP contribution in [0.2, 0.25) is 0 Å². The van der Waals surface area contributed by atoms with Crippen LogP contribution in [0.1, 0.15) is 11.1 Å². The van der Waals surface area contributed by atoms with Crippen molar-refractivity contribution in [2.75, 3.05) is 19.7 Å². The first kappa shape index (κ1) is 20.4. The lowest BCUT2D eigenvalue weighted by Crippen LogP contribution is -2.59. The van der Waals surface area contributed by atoms with Crippen LogP contribution in [0, 0.1) is 0 Å². The van der Waals surface area contributed by atoms with Crippen molar-refractivity contribution >= 4 is 22.6 Å². The van der Waals surface area contributed by atoms with Gasteiger partial charge in [0.25, 0.3) is 0 Å². The molecule has 4 nitrogen and oxygen atoms in total. The minimum absolute atomic E-state index is 0.103. The van der Waals surface area contributed by atoms with E-state index in [4.69, 9.17) is 4.74 Å². The summed E-state index contributed by atoms with van der Waals surface area (Å²) in [6.45, 7) is 1.38. The Labute approximate surface area is 168 Å². The molecule has 27 heavy (non-hydrogen) atoms. The molecule has 1 aliphatic rings. The minimum Gasteiger partial charge on any atom is -0.406 e.